The fourth-order valence-electron chi connectivity index (χ4n) is 3.02. The van der Waals surface area contributed by atoms with Gasteiger partial charge < -0.3 is 11.1 Å². The van der Waals surface area contributed by atoms with Crippen molar-refractivity contribution in [1.82, 2.24) is 20.0 Å². The molecule has 0 unspecified atom stereocenters. The number of hydrogen-bond acceptors (Lipinski definition) is 5. The Labute approximate surface area is 167 Å². The van der Waals surface area contributed by atoms with E-state index in [1.54, 1.807) is 12.3 Å². The zero-order valence-corrected chi connectivity index (χ0v) is 16.0. The van der Waals surface area contributed by atoms with E-state index >= 15 is 0 Å². The Kier molecular flexibility index (Phi) is 4.78. The Balaban J connectivity index is 1.91. The standard InChI is InChI=1S/C22H20N6O/c1-3-12-24-22(29)18-19-21(27-17-7-5-4-6-16(17)26-19)28(20(18)23)25-13-15-10-8-14(2)9-11-15/h3-11,13H,1,12,23H2,2H3,(H,24,29)/b25-13-. The molecule has 0 aliphatic heterocycles. The highest BCUT2D eigenvalue weighted by Gasteiger charge is 2.23. The Morgan fingerprint density at radius 3 is 2.55 bits per heavy atom. The predicted molar refractivity (Wildman–Crippen MR) is 116 cm³/mol. The largest absolute Gasteiger partial charge is 0.383 e. The van der Waals surface area contributed by atoms with Gasteiger partial charge in [-0.3, -0.25) is 4.79 Å². The normalized spacial score (nSPS) is 11.3. The van der Waals surface area contributed by atoms with E-state index in [0.717, 1.165) is 11.1 Å². The number of nitrogen functional groups attached to an aromatic ring is 1. The molecule has 7 nitrogen and oxygen atoms in total. The number of nitrogens with one attached hydrogen (secondary N) is 1. The second kappa shape index (κ2) is 7.55. The number of para-hydroxylation sites is 2. The minimum atomic E-state index is -0.346. The molecule has 2 heterocycles. The first-order chi connectivity index (χ1) is 14.1. The van der Waals surface area contributed by atoms with Gasteiger partial charge in [-0.25, -0.2) is 9.97 Å². The van der Waals surface area contributed by atoms with Crippen LogP contribution in [0.4, 0.5) is 5.82 Å². The number of anilines is 1. The summed E-state index contributed by atoms with van der Waals surface area (Å²) in [6.45, 7) is 5.96. The van der Waals surface area contributed by atoms with Gasteiger partial charge in [0.05, 0.1) is 17.2 Å². The van der Waals surface area contributed by atoms with Crippen LogP contribution in [0.1, 0.15) is 21.5 Å². The molecule has 0 atom stereocenters. The minimum Gasteiger partial charge on any atom is -0.383 e. The van der Waals surface area contributed by atoms with E-state index < -0.39 is 0 Å². The molecular weight excluding hydrogens is 364 g/mol. The van der Waals surface area contributed by atoms with Gasteiger partial charge in [-0.1, -0.05) is 48.0 Å². The number of aryl methyl sites for hydroxylation is 1. The molecule has 0 aliphatic rings. The topological polar surface area (TPSA) is 98.2 Å². The molecule has 0 aliphatic carbocycles. The Bertz CT molecular complexity index is 1250. The van der Waals surface area contributed by atoms with Crippen LogP contribution in [0.2, 0.25) is 0 Å². The molecule has 2 aromatic heterocycles. The highest BCUT2D eigenvalue weighted by atomic mass is 16.1. The van der Waals surface area contributed by atoms with Crippen LogP contribution in [0.3, 0.4) is 0 Å². The molecule has 0 radical (unpaired) electrons. The lowest BCUT2D eigenvalue weighted by Crippen LogP contribution is -2.24. The molecule has 7 heteroatoms. The minimum absolute atomic E-state index is 0.181. The smallest absolute Gasteiger partial charge is 0.257 e. The van der Waals surface area contributed by atoms with E-state index in [4.69, 9.17) is 5.73 Å². The van der Waals surface area contributed by atoms with Crippen molar-refractivity contribution in [2.75, 3.05) is 12.3 Å². The van der Waals surface area contributed by atoms with E-state index in [2.05, 4.69) is 27.0 Å². The molecule has 29 heavy (non-hydrogen) atoms. The maximum absolute atomic E-state index is 12.7. The average Bonchev–Trinajstić information content (AvgIpc) is 3.00. The van der Waals surface area contributed by atoms with Crippen molar-refractivity contribution >= 4 is 40.1 Å². The van der Waals surface area contributed by atoms with Crippen LogP contribution in [0.15, 0.2) is 66.3 Å². The molecule has 144 valence electrons. The third-order valence-corrected chi connectivity index (χ3v) is 4.51. The van der Waals surface area contributed by atoms with Crippen molar-refractivity contribution in [3.63, 3.8) is 0 Å². The predicted octanol–water partition coefficient (Wildman–Crippen LogP) is 3.27. The van der Waals surface area contributed by atoms with Crippen LogP contribution in [0, 0.1) is 6.92 Å². The van der Waals surface area contributed by atoms with Crippen LogP contribution in [-0.2, 0) is 0 Å². The number of benzene rings is 2. The van der Waals surface area contributed by atoms with Gasteiger partial charge in [0.15, 0.2) is 5.65 Å². The van der Waals surface area contributed by atoms with Gasteiger partial charge in [-0.05, 0) is 24.6 Å². The van der Waals surface area contributed by atoms with Crippen LogP contribution in [-0.4, -0.2) is 33.3 Å². The summed E-state index contributed by atoms with van der Waals surface area (Å²) in [6.07, 6.45) is 3.28. The molecule has 1 amide bonds. The van der Waals surface area contributed by atoms with Gasteiger partial charge >= 0.3 is 0 Å². The number of nitrogens with zero attached hydrogens (tertiary/aromatic N) is 4. The van der Waals surface area contributed by atoms with Crippen LogP contribution < -0.4 is 11.1 Å². The summed E-state index contributed by atoms with van der Waals surface area (Å²) in [5.41, 5.74) is 10.8. The summed E-state index contributed by atoms with van der Waals surface area (Å²) in [5.74, 6) is -0.165. The van der Waals surface area contributed by atoms with Crippen LogP contribution >= 0.6 is 0 Å². The Morgan fingerprint density at radius 1 is 1.17 bits per heavy atom. The van der Waals surface area contributed by atoms with Crippen molar-refractivity contribution in [3.05, 3.63) is 77.9 Å². The van der Waals surface area contributed by atoms with Gasteiger partial charge in [-0.15, -0.1) is 6.58 Å². The van der Waals surface area contributed by atoms with Gasteiger partial charge in [0.1, 0.15) is 16.9 Å². The number of nitrogens with two attached hydrogens (primary N) is 1. The van der Waals surface area contributed by atoms with Crippen molar-refractivity contribution in [1.29, 1.82) is 0 Å². The van der Waals surface area contributed by atoms with Crippen LogP contribution in [0.25, 0.3) is 22.2 Å². The number of rotatable bonds is 5. The second-order valence-corrected chi connectivity index (χ2v) is 6.61. The molecule has 0 spiro atoms. The second-order valence-electron chi connectivity index (χ2n) is 6.61. The molecule has 4 rings (SSSR count). The maximum Gasteiger partial charge on any atom is 0.257 e. The molecule has 0 fully saturated rings. The number of aromatic nitrogens is 3. The molecule has 0 saturated heterocycles. The number of carbonyl (C=O) groups excluding carboxylic acids is 1. The summed E-state index contributed by atoms with van der Waals surface area (Å²) in [4.78, 5) is 22.0. The highest BCUT2D eigenvalue weighted by Crippen LogP contribution is 2.27. The zero-order chi connectivity index (χ0) is 20.4. The van der Waals surface area contributed by atoms with Gasteiger partial charge in [0.25, 0.3) is 5.91 Å². The van der Waals surface area contributed by atoms with Gasteiger partial charge in [0.2, 0.25) is 0 Å². The highest BCUT2D eigenvalue weighted by molar-refractivity contribution is 6.10. The number of amides is 1. The van der Waals surface area contributed by atoms with E-state index in [9.17, 15) is 4.79 Å². The SMILES string of the molecule is C=CCNC(=O)c1c(N)n(/N=C\c2ccc(C)cc2)c2nc3ccccc3nc12. The van der Waals surface area contributed by atoms with Gasteiger partial charge in [0, 0.05) is 6.54 Å². The molecular formula is C22H20N6O. The zero-order valence-electron chi connectivity index (χ0n) is 16.0. The van der Waals surface area contributed by atoms with E-state index in [0.29, 0.717) is 28.7 Å². The summed E-state index contributed by atoms with van der Waals surface area (Å²) in [5, 5.41) is 7.24. The summed E-state index contributed by atoms with van der Waals surface area (Å²) in [7, 11) is 0. The number of carbonyl (C=O) groups is 1. The molecule has 0 bridgehead atoms. The number of fused-ring (bicyclic) bond motifs is 2. The average molecular weight is 384 g/mol. The van der Waals surface area contributed by atoms with E-state index in [-0.39, 0.29) is 17.3 Å². The molecule has 3 N–H and O–H groups in total. The molecule has 4 aromatic rings. The van der Waals surface area contributed by atoms with E-state index in [1.807, 2.05) is 55.5 Å². The number of hydrogen-bond donors (Lipinski definition) is 2. The first-order valence-electron chi connectivity index (χ1n) is 9.15. The van der Waals surface area contributed by atoms with Crippen molar-refractivity contribution in [3.8, 4) is 0 Å². The quantitative estimate of drug-likeness (QED) is 0.407. The summed E-state index contributed by atoms with van der Waals surface area (Å²) in [6, 6.07) is 15.4. The van der Waals surface area contributed by atoms with Crippen molar-refractivity contribution in [2.45, 2.75) is 6.92 Å². The first-order valence-corrected chi connectivity index (χ1v) is 9.15. The fourth-order valence-corrected chi connectivity index (χ4v) is 3.02. The van der Waals surface area contributed by atoms with Crippen molar-refractivity contribution < 1.29 is 4.79 Å². The van der Waals surface area contributed by atoms with Crippen molar-refractivity contribution in [2.24, 2.45) is 5.10 Å². The molecule has 2 aromatic carbocycles. The third kappa shape index (κ3) is 3.45. The third-order valence-electron chi connectivity index (χ3n) is 4.51. The lowest BCUT2D eigenvalue weighted by atomic mass is 10.2. The first kappa shape index (κ1) is 18.4. The van der Waals surface area contributed by atoms with Gasteiger partial charge in [-0.2, -0.15) is 9.78 Å². The summed E-state index contributed by atoms with van der Waals surface area (Å²) >= 11 is 0. The lowest BCUT2D eigenvalue weighted by Gasteiger charge is -2.02. The summed E-state index contributed by atoms with van der Waals surface area (Å²) < 4.78 is 1.46. The lowest BCUT2D eigenvalue weighted by molar-refractivity contribution is 0.0960. The Hall–Kier alpha value is -4.00. The fraction of sp³-hybridized carbons (Fsp3) is 0.0909. The van der Waals surface area contributed by atoms with E-state index in [1.165, 1.54) is 4.68 Å². The monoisotopic (exact) mass is 384 g/mol. The van der Waals surface area contributed by atoms with Crippen LogP contribution in [0.5, 0.6) is 0 Å². The maximum atomic E-state index is 12.7. The Morgan fingerprint density at radius 2 is 1.86 bits per heavy atom. The molecule has 0 saturated carbocycles.